The van der Waals surface area contributed by atoms with Gasteiger partial charge in [-0.15, -0.1) is 10.2 Å². The third kappa shape index (κ3) is 4.54. The number of imidazole rings is 1. The van der Waals surface area contributed by atoms with Gasteiger partial charge in [0.25, 0.3) is 0 Å². The average molecular weight is 448 g/mol. The first-order valence-electron chi connectivity index (χ1n) is 10.6. The lowest BCUT2D eigenvalue weighted by Gasteiger charge is -2.10. The third-order valence-corrected chi connectivity index (χ3v) is 5.48. The van der Waals surface area contributed by atoms with Crippen LogP contribution in [0, 0.1) is 0 Å². The standard InChI is InChI=1S/C23H24N6O4/c1-2-3-8-19-22(32)29(14-20(30)31)23(33)28(19)13-15-9-11-16(12-10-15)17-6-4-5-7-18(17)21-24-26-27-25-21/h4-7,9-12,32H,2-3,8,13-14H2,1H3,(H,30,31)(H,24,25,26,27). The van der Waals surface area contributed by atoms with E-state index in [4.69, 9.17) is 5.11 Å². The van der Waals surface area contributed by atoms with E-state index in [1.165, 1.54) is 4.57 Å². The number of carboxylic acid groups (broad SMARTS) is 1. The van der Waals surface area contributed by atoms with Crippen LogP contribution >= 0.6 is 0 Å². The minimum Gasteiger partial charge on any atom is -0.493 e. The number of aliphatic carboxylic acids is 1. The molecule has 4 rings (SSSR count). The molecule has 0 aliphatic heterocycles. The van der Waals surface area contributed by atoms with E-state index in [1.807, 2.05) is 55.5 Å². The van der Waals surface area contributed by atoms with Crippen LogP contribution in [-0.2, 0) is 24.3 Å². The minimum absolute atomic E-state index is 0.227. The quantitative estimate of drug-likeness (QED) is 0.358. The van der Waals surface area contributed by atoms with Gasteiger partial charge in [0.1, 0.15) is 6.54 Å². The molecule has 170 valence electrons. The van der Waals surface area contributed by atoms with Crippen molar-refractivity contribution < 1.29 is 15.0 Å². The average Bonchev–Trinajstić information content (AvgIpc) is 3.42. The summed E-state index contributed by atoms with van der Waals surface area (Å²) in [6.45, 7) is 1.66. The Morgan fingerprint density at radius 2 is 1.79 bits per heavy atom. The lowest BCUT2D eigenvalue weighted by molar-refractivity contribution is -0.137. The number of hydrogen-bond acceptors (Lipinski definition) is 6. The number of unbranched alkanes of at least 4 members (excludes halogenated alkanes) is 1. The van der Waals surface area contributed by atoms with Crippen molar-refractivity contribution in [3.8, 4) is 28.4 Å². The zero-order valence-corrected chi connectivity index (χ0v) is 18.1. The normalized spacial score (nSPS) is 11.1. The molecule has 2 heterocycles. The summed E-state index contributed by atoms with van der Waals surface area (Å²) in [4.78, 5) is 24.0. The highest BCUT2D eigenvalue weighted by atomic mass is 16.4. The van der Waals surface area contributed by atoms with Gasteiger partial charge < -0.3 is 10.2 Å². The number of H-pyrrole nitrogens is 1. The number of aromatic hydroxyl groups is 1. The SMILES string of the molecule is CCCCc1c(O)n(CC(=O)O)c(=O)n1Cc1ccc(-c2ccccc2-c2nn[nH]n2)cc1. The van der Waals surface area contributed by atoms with Crippen LogP contribution in [0.4, 0.5) is 0 Å². The topological polar surface area (TPSA) is 139 Å². The highest BCUT2D eigenvalue weighted by Gasteiger charge is 2.21. The van der Waals surface area contributed by atoms with Crippen molar-refractivity contribution in [1.82, 2.24) is 29.8 Å². The molecule has 2 aromatic heterocycles. The summed E-state index contributed by atoms with van der Waals surface area (Å²) in [6.07, 6.45) is 2.14. The molecule has 3 N–H and O–H groups in total. The predicted molar refractivity (Wildman–Crippen MR) is 121 cm³/mol. The zero-order chi connectivity index (χ0) is 23.4. The molecule has 0 atom stereocenters. The van der Waals surface area contributed by atoms with Gasteiger partial charge in [-0.05, 0) is 34.7 Å². The van der Waals surface area contributed by atoms with Crippen molar-refractivity contribution in [3.05, 3.63) is 70.3 Å². The summed E-state index contributed by atoms with van der Waals surface area (Å²) in [6, 6.07) is 15.4. The van der Waals surface area contributed by atoms with Gasteiger partial charge in [-0.2, -0.15) is 5.21 Å². The van der Waals surface area contributed by atoms with Crippen LogP contribution in [0.2, 0.25) is 0 Å². The lowest BCUT2D eigenvalue weighted by Crippen LogP contribution is -2.27. The van der Waals surface area contributed by atoms with Gasteiger partial charge in [-0.25, -0.2) is 4.79 Å². The van der Waals surface area contributed by atoms with Gasteiger partial charge in [0.15, 0.2) is 0 Å². The highest BCUT2D eigenvalue weighted by Crippen LogP contribution is 2.30. The molecule has 0 spiro atoms. The van der Waals surface area contributed by atoms with Crippen LogP contribution < -0.4 is 5.69 Å². The number of benzene rings is 2. The van der Waals surface area contributed by atoms with Gasteiger partial charge in [0, 0.05) is 5.56 Å². The fourth-order valence-corrected chi connectivity index (χ4v) is 3.84. The maximum Gasteiger partial charge on any atom is 0.332 e. The zero-order valence-electron chi connectivity index (χ0n) is 18.1. The van der Waals surface area contributed by atoms with Gasteiger partial charge in [-0.1, -0.05) is 61.9 Å². The second kappa shape index (κ2) is 9.51. The van der Waals surface area contributed by atoms with Crippen LogP contribution in [0.3, 0.4) is 0 Å². The number of carbonyl (C=O) groups is 1. The van der Waals surface area contributed by atoms with E-state index in [0.29, 0.717) is 17.9 Å². The summed E-state index contributed by atoms with van der Waals surface area (Å²) in [7, 11) is 0. The lowest BCUT2D eigenvalue weighted by atomic mass is 9.98. The number of aromatic amines is 1. The van der Waals surface area contributed by atoms with E-state index in [2.05, 4.69) is 20.6 Å². The molecular weight excluding hydrogens is 424 g/mol. The van der Waals surface area contributed by atoms with Crippen molar-refractivity contribution in [2.75, 3.05) is 0 Å². The van der Waals surface area contributed by atoms with E-state index in [0.717, 1.165) is 39.7 Å². The minimum atomic E-state index is -1.18. The number of aromatic nitrogens is 6. The number of carboxylic acids is 1. The van der Waals surface area contributed by atoms with Crippen molar-refractivity contribution in [2.45, 2.75) is 39.3 Å². The Morgan fingerprint density at radius 1 is 1.06 bits per heavy atom. The second-order valence-electron chi connectivity index (χ2n) is 7.70. The summed E-state index contributed by atoms with van der Waals surface area (Å²) < 4.78 is 2.36. The Morgan fingerprint density at radius 3 is 2.42 bits per heavy atom. The van der Waals surface area contributed by atoms with Crippen LogP contribution in [0.5, 0.6) is 5.88 Å². The Kier molecular flexibility index (Phi) is 6.34. The fourth-order valence-electron chi connectivity index (χ4n) is 3.84. The number of nitrogens with zero attached hydrogens (tertiary/aromatic N) is 5. The van der Waals surface area contributed by atoms with Crippen LogP contribution in [-0.4, -0.2) is 45.9 Å². The van der Waals surface area contributed by atoms with E-state index >= 15 is 0 Å². The van der Waals surface area contributed by atoms with Crippen molar-refractivity contribution in [3.63, 3.8) is 0 Å². The van der Waals surface area contributed by atoms with Crippen molar-refractivity contribution in [1.29, 1.82) is 0 Å². The molecular formula is C23H24N6O4. The maximum atomic E-state index is 12.9. The summed E-state index contributed by atoms with van der Waals surface area (Å²) in [5, 5.41) is 33.9. The van der Waals surface area contributed by atoms with Crippen LogP contribution in [0.1, 0.15) is 31.0 Å². The van der Waals surface area contributed by atoms with Crippen LogP contribution in [0.25, 0.3) is 22.5 Å². The summed E-state index contributed by atoms with van der Waals surface area (Å²) in [5.74, 6) is -0.963. The molecule has 0 unspecified atom stereocenters. The fraction of sp³-hybridized carbons (Fsp3) is 0.261. The highest BCUT2D eigenvalue weighted by molar-refractivity contribution is 5.80. The molecule has 0 radical (unpaired) electrons. The summed E-state index contributed by atoms with van der Waals surface area (Å²) in [5.41, 5.74) is 3.50. The summed E-state index contributed by atoms with van der Waals surface area (Å²) >= 11 is 0. The number of hydrogen-bond donors (Lipinski definition) is 3. The number of tetrazole rings is 1. The van der Waals surface area contributed by atoms with Crippen molar-refractivity contribution >= 4 is 5.97 Å². The molecule has 0 aliphatic carbocycles. The smallest absolute Gasteiger partial charge is 0.332 e. The molecule has 0 fully saturated rings. The van der Waals surface area contributed by atoms with Gasteiger partial charge >= 0.3 is 11.7 Å². The van der Waals surface area contributed by atoms with Crippen molar-refractivity contribution in [2.24, 2.45) is 0 Å². The predicted octanol–water partition coefficient (Wildman–Crippen LogP) is 2.68. The molecule has 0 saturated carbocycles. The van der Waals surface area contributed by atoms with Gasteiger partial charge in [-0.3, -0.25) is 13.9 Å². The first kappa shape index (κ1) is 22.0. The molecule has 33 heavy (non-hydrogen) atoms. The Labute approximate surface area is 189 Å². The maximum absolute atomic E-state index is 12.9. The molecule has 0 aliphatic rings. The monoisotopic (exact) mass is 448 g/mol. The molecule has 0 bridgehead atoms. The van der Waals surface area contributed by atoms with Crippen LogP contribution in [0.15, 0.2) is 53.3 Å². The first-order chi connectivity index (χ1) is 16.0. The van der Waals surface area contributed by atoms with E-state index in [9.17, 15) is 14.7 Å². The van der Waals surface area contributed by atoms with E-state index in [-0.39, 0.29) is 12.4 Å². The molecule has 4 aromatic rings. The first-order valence-corrected chi connectivity index (χ1v) is 10.6. The van der Waals surface area contributed by atoms with Gasteiger partial charge in [0.2, 0.25) is 11.7 Å². The number of nitrogens with one attached hydrogen (secondary N) is 1. The van der Waals surface area contributed by atoms with E-state index < -0.39 is 18.2 Å². The molecule has 0 saturated heterocycles. The number of rotatable bonds is 9. The Hall–Kier alpha value is -4.21. The molecule has 10 heteroatoms. The Bertz CT molecular complexity index is 1310. The molecule has 10 nitrogen and oxygen atoms in total. The van der Waals surface area contributed by atoms with E-state index in [1.54, 1.807) is 0 Å². The molecule has 2 aromatic carbocycles. The molecule has 0 amide bonds. The third-order valence-electron chi connectivity index (χ3n) is 5.48. The largest absolute Gasteiger partial charge is 0.493 e. The second-order valence-corrected chi connectivity index (χ2v) is 7.70. The Balaban J connectivity index is 1.66. The van der Waals surface area contributed by atoms with Gasteiger partial charge in [0.05, 0.1) is 12.2 Å².